The number of hydrogen-bond acceptors (Lipinski definition) is 5. The molecule has 0 unspecified atom stereocenters. The predicted molar refractivity (Wildman–Crippen MR) is 116 cm³/mol. The van der Waals surface area contributed by atoms with Crippen LogP contribution in [0.15, 0.2) is 47.0 Å². The van der Waals surface area contributed by atoms with Gasteiger partial charge in [-0.2, -0.15) is 0 Å². The SMILES string of the molecule is COCCN1CCC(N2NC=C3NC(=NCc4ccc(Cl)c(Cl)c4)NC=C32)CC1. The Morgan fingerprint density at radius 2 is 2.00 bits per heavy atom. The van der Waals surface area contributed by atoms with E-state index in [1.807, 2.05) is 24.5 Å². The molecule has 0 radical (unpaired) electrons. The Balaban J connectivity index is 1.34. The number of piperidine rings is 1. The molecule has 0 amide bonds. The predicted octanol–water partition coefficient (Wildman–Crippen LogP) is 2.66. The number of fused-ring (bicyclic) bond motifs is 1. The van der Waals surface area contributed by atoms with E-state index in [1.165, 1.54) is 0 Å². The zero-order chi connectivity index (χ0) is 20.2. The molecule has 156 valence electrons. The first-order valence-corrected chi connectivity index (χ1v) is 10.6. The summed E-state index contributed by atoms with van der Waals surface area (Å²) in [5.74, 6) is 0.712. The molecule has 0 bridgehead atoms. The van der Waals surface area contributed by atoms with Crippen LogP contribution in [-0.2, 0) is 11.3 Å². The summed E-state index contributed by atoms with van der Waals surface area (Å²) in [4.78, 5) is 7.07. The molecule has 0 aliphatic carbocycles. The maximum atomic E-state index is 6.08. The van der Waals surface area contributed by atoms with Gasteiger partial charge in [-0.15, -0.1) is 0 Å². The lowest BCUT2D eigenvalue weighted by molar-refractivity contribution is 0.0922. The minimum atomic E-state index is 0.465. The molecule has 3 N–H and O–H groups in total. The lowest BCUT2D eigenvalue weighted by Crippen LogP contribution is -2.49. The van der Waals surface area contributed by atoms with Gasteiger partial charge in [0.1, 0.15) is 0 Å². The summed E-state index contributed by atoms with van der Waals surface area (Å²) in [6, 6.07) is 6.03. The van der Waals surface area contributed by atoms with Gasteiger partial charge in [0, 0.05) is 39.1 Å². The Hall–Kier alpha value is -1.93. The number of hydrazine groups is 1. The topological polar surface area (TPSA) is 64.2 Å². The van der Waals surface area contributed by atoms with Crippen LogP contribution >= 0.6 is 23.2 Å². The number of guanidine groups is 1. The van der Waals surface area contributed by atoms with E-state index in [1.54, 1.807) is 13.2 Å². The normalized spacial score (nSPS) is 21.2. The second kappa shape index (κ2) is 9.26. The Morgan fingerprint density at radius 3 is 2.76 bits per heavy atom. The summed E-state index contributed by atoms with van der Waals surface area (Å²) >= 11 is 12.0. The third-order valence-corrected chi connectivity index (χ3v) is 6.16. The summed E-state index contributed by atoms with van der Waals surface area (Å²) < 4.78 is 5.19. The Labute approximate surface area is 181 Å². The van der Waals surface area contributed by atoms with Crippen LogP contribution < -0.4 is 16.1 Å². The van der Waals surface area contributed by atoms with Gasteiger partial charge in [-0.25, -0.2) is 4.99 Å². The maximum Gasteiger partial charge on any atom is 0.200 e. The first-order valence-electron chi connectivity index (χ1n) is 9.83. The molecule has 7 nitrogen and oxygen atoms in total. The average Bonchev–Trinajstić information content (AvgIpc) is 3.17. The minimum absolute atomic E-state index is 0.465. The first kappa shape index (κ1) is 20.3. The lowest BCUT2D eigenvalue weighted by atomic mass is 10.0. The molecule has 0 spiro atoms. The molecule has 3 heterocycles. The van der Waals surface area contributed by atoms with Crippen molar-refractivity contribution in [1.29, 1.82) is 0 Å². The number of benzene rings is 1. The van der Waals surface area contributed by atoms with Crippen LogP contribution in [-0.4, -0.2) is 55.3 Å². The fourth-order valence-electron chi connectivity index (χ4n) is 3.77. The highest BCUT2D eigenvalue weighted by atomic mass is 35.5. The van der Waals surface area contributed by atoms with Crippen molar-refractivity contribution in [3.8, 4) is 0 Å². The van der Waals surface area contributed by atoms with Gasteiger partial charge in [-0.1, -0.05) is 29.3 Å². The highest BCUT2D eigenvalue weighted by Gasteiger charge is 2.32. The van der Waals surface area contributed by atoms with Crippen molar-refractivity contribution in [2.75, 3.05) is 33.4 Å². The van der Waals surface area contributed by atoms with Crippen molar-refractivity contribution in [3.63, 3.8) is 0 Å². The number of nitrogens with one attached hydrogen (secondary N) is 3. The van der Waals surface area contributed by atoms with Crippen LogP contribution in [0.1, 0.15) is 18.4 Å². The highest BCUT2D eigenvalue weighted by Crippen LogP contribution is 2.26. The van der Waals surface area contributed by atoms with Crippen LogP contribution in [0.2, 0.25) is 10.0 Å². The molecule has 0 saturated carbocycles. The number of rotatable bonds is 6. The van der Waals surface area contributed by atoms with Gasteiger partial charge in [-0.3, -0.25) is 5.01 Å². The van der Waals surface area contributed by atoms with Crippen molar-refractivity contribution in [2.24, 2.45) is 4.99 Å². The largest absolute Gasteiger partial charge is 0.383 e. The number of nitrogens with zero attached hydrogens (tertiary/aromatic N) is 3. The van der Waals surface area contributed by atoms with Gasteiger partial charge >= 0.3 is 0 Å². The molecule has 29 heavy (non-hydrogen) atoms. The van der Waals surface area contributed by atoms with Gasteiger partial charge in [-0.05, 0) is 30.5 Å². The zero-order valence-electron chi connectivity index (χ0n) is 16.4. The fraction of sp³-hybridized carbons (Fsp3) is 0.450. The molecule has 1 fully saturated rings. The Bertz CT molecular complexity index is 832. The molecule has 3 aliphatic heterocycles. The molecule has 1 aromatic carbocycles. The van der Waals surface area contributed by atoms with Crippen LogP contribution in [0.25, 0.3) is 0 Å². The molecule has 9 heteroatoms. The molecule has 1 aromatic rings. The number of hydrogen-bond donors (Lipinski definition) is 3. The number of ether oxygens (including phenoxy) is 1. The van der Waals surface area contributed by atoms with Crippen molar-refractivity contribution in [1.82, 2.24) is 26.0 Å². The number of aliphatic imine (C=N–C) groups is 1. The molecule has 0 atom stereocenters. The Morgan fingerprint density at radius 1 is 1.17 bits per heavy atom. The molecule has 3 aliphatic rings. The van der Waals surface area contributed by atoms with Crippen LogP contribution in [0.3, 0.4) is 0 Å². The lowest BCUT2D eigenvalue weighted by Gasteiger charge is -2.38. The third kappa shape index (κ3) is 4.80. The van der Waals surface area contributed by atoms with Crippen molar-refractivity contribution >= 4 is 29.2 Å². The molecule has 4 rings (SSSR count). The van der Waals surface area contributed by atoms with E-state index in [9.17, 15) is 0 Å². The maximum absolute atomic E-state index is 6.08. The van der Waals surface area contributed by atoms with Crippen molar-refractivity contribution in [3.05, 3.63) is 57.6 Å². The van der Waals surface area contributed by atoms with E-state index in [2.05, 4.69) is 31.0 Å². The van der Waals surface area contributed by atoms with E-state index in [4.69, 9.17) is 27.9 Å². The van der Waals surface area contributed by atoms with Crippen LogP contribution in [0.4, 0.5) is 0 Å². The van der Waals surface area contributed by atoms with Gasteiger partial charge in [0.2, 0.25) is 0 Å². The van der Waals surface area contributed by atoms with E-state index in [-0.39, 0.29) is 0 Å². The average molecular weight is 437 g/mol. The van der Waals surface area contributed by atoms with Crippen LogP contribution in [0.5, 0.6) is 0 Å². The quantitative estimate of drug-likeness (QED) is 0.636. The number of methoxy groups -OCH3 is 1. The minimum Gasteiger partial charge on any atom is -0.383 e. The summed E-state index contributed by atoms with van der Waals surface area (Å²) in [6.07, 6.45) is 6.24. The Kier molecular flexibility index (Phi) is 6.50. The van der Waals surface area contributed by atoms with Crippen molar-refractivity contribution < 1.29 is 4.74 Å². The van der Waals surface area contributed by atoms with E-state index >= 15 is 0 Å². The zero-order valence-corrected chi connectivity index (χ0v) is 17.9. The second-order valence-corrected chi connectivity index (χ2v) is 8.15. The van der Waals surface area contributed by atoms with Gasteiger partial charge in [0.05, 0.1) is 40.6 Å². The van der Waals surface area contributed by atoms with Crippen molar-refractivity contribution in [2.45, 2.75) is 25.4 Å². The van der Waals surface area contributed by atoms with Gasteiger partial charge in [0.25, 0.3) is 0 Å². The van der Waals surface area contributed by atoms with E-state index in [0.29, 0.717) is 28.6 Å². The molecular weight excluding hydrogens is 411 g/mol. The second-order valence-electron chi connectivity index (χ2n) is 7.33. The number of halogens is 2. The molecule has 1 saturated heterocycles. The highest BCUT2D eigenvalue weighted by molar-refractivity contribution is 6.42. The number of likely N-dealkylation sites (tertiary alicyclic amines) is 1. The van der Waals surface area contributed by atoms with Gasteiger partial charge in [0.15, 0.2) is 5.96 Å². The standard InChI is InChI=1S/C20H26Cl2N6O/c1-29-9-8-27-6-4-15(5-7-27)28-19-13-24-20(26-18(19)12-25-28)23-11-14-2-3-16(21)17(22)10-14/h2-3,10,12-13,15,25H,4-9,11H2,1H3,(H2,23,24,26). The summed E-state index contributed by atoms with van der Waals surface area (Å²) in [5.41, 5.74) is 6.56. The summed E-state index contributed by atoms with van der Waals surface area (Å²) in [6.45, 7) is 4.49. The molecule has 0 aromatic heterocycles. The monoisotopic (exact) mass is 436 g/mol. The summed E-state index contributed by atoms with van der Waals surface area (Å²) in [5, 5.41) is 9.96. The van der Waals surface area contributed by atoms with Crippen LogP contribution in [0, 0.1) is 0 Å². The van der Waals surface area contributed by atoms with Gasteiger partial charge < -0.3 is 25.7 Å². The smallest absolute Gasteiger partial charge is 0.200 e. The summed E-state index contributed by atoms with van der Waals surface area (Å²) in [7, 11) is 1.76. The first-order chi connectivity index (χ1) is 14.1. The fourth-order valence-corrected chi connectivity index (χ4v) is 4.09. The van der Waals surface area contributed by atoms with E-state index < -0.39 is 0 Å². The molecular formula is C20H26Cl2N6O. The third-order valence-electron chi connectivity index (χ3n) is 5.42. The van der Waals surface area contributed by atoms with E-state index in [0.717, 1.165) is 56.0 Å².